The van der Waals surface area contributed by atoms with Crippen molar-refractivity contribution in [2.45, 2.75) is 12.7 Å². The SMILES string of the molecule is COc1cccc(COCC(O)CN2CCN(c3cccc(Cl)c3)CC2)c1. The van der Waals surface area contributed by atoms with Crippen LogP contribution in [0.5, 0.6) is 5.75 Å². The van der Waals surface area contributed by atoms with Gasteiger partial charge in [0, 0.05) is 43.4 Å². The molecule has 0 radical (unpaired) electrons. The topological polar surface area (TPSA) is 45.2 Å². The molecule has 1 aliphatic heterocycles. The maximum Gasteiger partial charge on any atom is 0.119 e. The predicted molar refractivity (Wildman–Crippen MR) is 109 cm³/mol. The van der Waals surface area contributed by atoms with E-state index in [1.807, 2.05) is 42.5 Å². The van der Waals surface area contributed by atoms with E-state index in [4.69, 9.17) is 21.1 Å². The Morgan fingerprint density at radius 1 is 1.07 bits per heavy atom. The summed E-state index contributed by atoms with van der Waals surface area (Å²) in [7, 11) is 1.65. The van der Waals surface area contributed by atoms with Gasteiger partial charge in [0.05, 0.1) is 26.4 Å². The second-order valence-electron chi connectivity index (χ2n) is 6.79. The number of aliphatic hydroxyl groups excluding tert-OH is 1. The smallest absolute Gasteiger partial charge is 0.119 e. The summed E-state index contributed by atoms with van der Waals surface area (Å²) in [5.74, 6) is 0.814. The summed E-state index contributed by atoms with van der Waals surface area (Å²) < 4.78 is 10.9. The van der Waals surface area contributed by atoms with Crippen LogP contribution in [0.1, 0.15) is 5.56 Å². The lowest BCUT2D eigenvalue weighted by Gasteiger charge is -2.36. The fourth-order valence-electron chi connectivity index (χ4n) is 3.29. The Kier molecular flexibility index (Phi) is 7.35. The number of piperazine rings is 1. The minimum atomic E-state index is -0.492. The molecule has 1 fully saturated rings. The number of aliphatic hydroxyl groups is 1. The molecular weight excluding hydrogens is 364 g/mol. The van der Waals surface area contributed by atoms with Crippen molar-refractivity contribution in [1.82, 2.24) is 4.90 Å². The quantitative estimate of drug-likeness (QED) is 0.750. The molecule has 1 unspecified atom stereocenters. The maximum atomic E-state index is 10.3. The van der Waals surface area contributed by atoms with Crippen LogP contribution in [-0.2, 0) is 11.3 Å². The van der Waals surface area contributed by atoms with Crippen molar-refractivity contribution < 1.29 is 14.6 Å². The zero-order valence-corrected chi connectivity index (χ0v) is 16.4. The summed E-state index contributed by atoms with van der Waals surface area (Å²) in [5.41, 5.74) is 2.20. The minimum absolute atomic E-state index is 0.325. The van der Waals surface area contributed by atoms with Gasteiger partial charge in [0.15, 0.2) is 0 Å². The molecule has 0 aromatic heterocycles. The number of benzene rings is 2. The monoisotopic (exact) mass is 390 g/mol. The van der Waals surface area contributed by atoms with Crippen molar-refractivity contribution >= 4 is 17.3 Å². The Balaban J connectivity index is 1.37. The molecule has 146 valence electrons. The molecule has 5 nitrogen and oxygen atoms in total. The summed E-state index contributed by atoms with van der Waals surface area (Å²) >= 11 is 6.08. The maximum absolute atomic E-state index is 10.3. The highest BCUT2D eigenvalue weighted by Gasteiger charge is 2.19. The van der Waals surface area contributed by atoms with E-state index in [9.17, 15) is 5.11 Å². The molecule has 0 spiro atoms. The van der Waals surface area contributed by atoms with E-state index < -0.39 is 6.10 Å². The number of rotatable bonds is 8. The van der Waals surface area contributed by atoms with Crippen LogP contribution in [0.4, 0.5) is 5.69 Å². The molecule has 0 saturated carbocycles. The molecule has 3 rings (SSSR count). The second kappa shape index (κ2) is 9.95. The van der Waals surface area contributed by atoms with Gasteiger partial charge in [0.2, 0.25) is 0 Å². The van der Waals surface area contributed by atoms with Gasteiger partial charge in [-0.2, -0.15) is 0 Å². The number of hydrogen-bond donors (Lipinski definition) is 1. The molecule has 2 aromatic carbocycles. The van der Waals surface area contributed by atoms with E-state index in [0.29, 0.717) is 19.8 Å². The van der Waals surface area contributed by atoms with Crippen LogP contribution in [-0.4, -0.2) is 62.6 Å². The van der Waals surface area contributed by atoms with E-state index in [2.05, 4.69) is 15.9 Å². The fraction of sp³-hybridized carbons (Fsp3) is 0.429. The Hall–Kier alpha value is -1.79. The molecule has 0 bridgehead atoms. The first-order chi connectivity index (χ1) is 13.1. The van der Waals surface area contributed by atoms with Crippen molar-refractivity contribution in [3.63, 3.8) is 0 Å². The molecule has 2 aromatic rings. The van der Waals surface area contributed by atoms with Gasteiger partial charge < -0.3 is 19.5 Å². The van der Waals surface area contributed by atoms with Crippen molar-refractivity contribution in [1.29, 1.82) is 0 Å². The lowest BCUT2D eigenvalue weighted by atomic mass is 10.2. The molecule has 0 amide bonds. The number of ether oxygens (including phenoxy) is 2. The van der Waals surface area contributed by atoms with Gasteiger partial charge in [0.1, 0.15) is 5.75 Å². The number of nitrogens with zero attached hydrogens (tertiary/aromatic N) is 2. The largest absolute Gasteiger partial charge is 0.497 e. The average Bonchev–Trinajstić information content (AvgIpc) is 2.69. The third-order valence-corrected chi connectivity index (χ3v) is 4.96. The predicted octanol–water partition coefficient (Wildman–Crippen LogP) is 3.05. The highest BCUT2D eigenvalue weighted by Crippen LogP contribution is 2.21. The lowest BCUT2D eigenvalue weighted by Crippen LogP contribution is -2.49. The van der Waals surface area contributed by atoms with Crippen molar-refractivity contribution in [3.8, 4) is 5.75 Å². The molecule has 1 atom stereocenters. The summed E-state index contributed by atoms with van der Waals surface area (Å²) in [6.45, 7) is 5.11. The van der Waals surface area contributed by atoms with Gasteiger partial charge in [-0.25, -0.2) is 0 Å². The minimum Gasteiger partial charge on any atom is -0.497 e. The Morgan fingerprint density at radius 2 is 1.85 bits per heavy atom. The van der Waals surface area contributed by atoms with Gasteiger partial charge in [-0.05, 0) is 35.9 Å². The Morgan fingerprint density at radius 3 is 2.59 bits per heavy atom. The van der Waals surface area contributed by atoms with Crippen LogP contribution in [0.2, 0.25) is 5.02 Å². The van der Waals surface area contributed by atoms with Gasteiger partial charge >= 0.3 is 0 Å². The molecule has 27 heavy (non-hydrogen) atoms. The molecule has 1 saturated heterocycles. The van der Waals surface area contributed by atoms with Crippen LogP contribution in [0.25, 0.3) is 0 Å². The Labute approximate surface area is 166 Å². The van der Waals surface area contributed by atoms with Crippen LogP contribution >= 0.6 is 11.6 Å². The number of anilines is 1. The van der Waals surface area contributed by atoms with Gasteiger partial charge in [0.25, 0.3) is 0 Å². The number of methoxy groups -OCH3 is 1. The highest BCUT2D eigenvalue weighted by molar-refractivity contribution is 6.30. The van der Waals surface area contributed by atoms with Crippen molar-refractivity contribution in [2.24, 2.45) is 0 Å². The summed E-state index contributed by atoms with van der Waals surface area (Å²) in [4.78, 5) is 4.61. The average molecular weight is 391 g/mol. The zero-order valence-electron chi connectivity index (χ0n) is 15.7. The molecule has 1 N–H and O–H groups in total. The van der Waals surface area contributed by atoms with Crippen LogP contribution in [0.15, 0.2) is 48.5 Å². The summed E-state index contributed by atoms with van der Waals surface area (Å²) in [5, 5.41) is 11.0. The highest BCUT2D eigenvalue weighted by atomic mass is 35.5. The first-order valence-corrected chi connectivity index (χ1v) is 9.63. The molecule has 0 aliphatic carbocycles. The standard InChI is InChI=1S/C21H27ClN2O3/c1-26-21-7-2-4-17(12-21)15-27-16-20(25)14-23-8-10-24(11-9-23)19-6-3-5-18(22)13-19/h2-7,12-13,20,25H,8-11,14-16H2,1H3. The zero-order chi connectivity index (χ0) is 19.1. The number of halogens is 1. The normalized spacial score (nSPS) is 16.3. The third-order valence-electron chi connectivity index (χ3n) is 4.73. The first kappa shape index (κ1) is 20.0. The fourth-order valence-corrected chi connectivity index (χ4v) is 3.47. The molecule has 1 heterocycles. The molecule has 1 aliphatic rings. The van der Waals surface area contributed by atoms with Gasteiger partial charge in [-0.1, -0.05) is 29.8 Å². The van der Waals surface area contributed by atoms with E-state index in [-0.39, 0.29) is 0 Å². The summed E-state index contributed by atoms with van der Waals surface area (Å²) in [6, 6.07) is 15.7. The Bertz CT molecular complexity index is 720. The first-order valence-electron chi connectivity index (χ1n) is 9.25. The lowest BCUT2D eigenvalue weighted by molar-refractivity contribution is 0.00910. The van der Waals surface area contributed by atoms with Gasteiger partial charge in [-0.15, -0.1) is 0 Å². The van der Waals surface area contributed by atoms with Crippen LogP contribution < -0.4 is 9.64 Å². The van der Waals surface area contributed by atoms with E-state index in [1.165, 1.54) is 0 Å². The van der Waals surface area contributed by atoms with Crippen molar-refractivity contribution in [3.05, 3.63) is 59.1 Å². The van der Waals surface area contributed by atoms with E-state index >= 15 is 0 Å². The number of hydrogen-bond acceptors (Lipinski definition) is 5. The molecular formula is C21H27ClN2O3. The van der Waals surface area contributed by atoms with Crippen LogP contribution in [0, 0.1) is 0 Å². The molecule has 6 heteroatoms. The third kappa shape index (κ3) is 6.11. The van der Waals surface area contributed by atoms with E-state index in [1.54, 1.807) is 7.11 Å². The van der Waals surface area contributed by atoms with Gasteiger partial charge in [-0.3, -0.25) is 4.90 Å². The van der Waals surface area contributed by atoms with Crippen molar-refractivity contribution in [2.75, 3.05) is 51.3 Å². The van der Waals surface area contributed by atoms with E-state index in [0.717, 1.165) is 48.2 Å². The summed E-state index contributed by atoms with van der Waals surface area (Å²) in [6.07, 6.45) is -0.492. The van der Waals surface area contributed by atoms with Crippen LogP contribution in [0.3, 0.4) is 0 Å². The number of β-amino-alcohol motifs (C(OH)–C–C–N with tert-alkyl or cyclic N) is 1. The second-order valence-corrected chi connectivity index (χ2v) is 7.22.